The number of rotatable bonds is 12. The van der Waals surface area contributed by atoms with E-state index in [1.165, 1.54) is 10.9 Å². The van der Waals surface area contributed by atoms with Crippen LogP contribution in [0.15, 0.2) is 30.9 Å². The molecule has 4 heteroatoms. The average Bonchev–Trinajstić information content (AvgIpc) is 3.08. The molecule has 0 saturated heterocycles. The van der Waals surface area contributed by atoms with E-state index < -0.39 is 5.41 Å². The van der Waals surface area contributed by atoms with Gasteiger partial charge in [0.25, 0.3) is 0 Å². The smallest absolute Gasteiger partial charge is 0.225 e. The highest BCUT2D eigenvalue weighted by molar-refractivity contribution is 5.96. The van der Waals surface area contributed by atoms with E-state index in [9.17, 15) is 4.79 Å². The number of fused-ring (bicyclic) bond motifs is 1. The molecule has 0 spiro atoms. The van der Waals surface area contributed by atoms with Crippen LogP contribution in [0.5, 0.6) is 5.75 Å². The Bertz CT molecular complexity index is 997. The number of aryl methyl sites for hydroxylation is 1. The summed E-state index contributed by atoms with van der Waals surface area (Å²) >= 11 is 0. The molecule has 0 aliphatic rings. The van der Waals surface area contributed by atoms with E-state index in [0.717, 1.165) is 54.8 Å². The molecule has 182 valence electrons. The molecule has 2 aromatic rings. The van der Waals surface area contributed by atoms with Gasteiger partial charge in [-0.25, -0.2) is 0 Å². The van der Waals surface area contributed by atoms with Crippen LogP contribution in [0, 0.1) is 11.3 Å². The third-order valence-electron chi connectivity index (χ3n) is 6.62. The van der Waals surface area contributed by atoms with Crippen LogP contribution in [-0.2, 0) is 11.3 Å². The second-order valence-corrected chi connectivity index (χ2v) is 10.1. The molecule has 4 nitrogen and oxygen atoms in total. The van der Waals surface area contributed by atoms with Crippen LogP contribution in [0.25, 0.3) is 22.6 Å². The van der Waals surface area contributed by atoms with E-state index in [0.29, 0.717) is 5.92 Å². The zero-order valence-electron chi connectivity index (χ0n) is 22.0. The Balaban J connectivity index is 2.49. The molecule has 2 unspecified atom stereocenters. The summed E-state index contributed by atoms with van der Waals surface area (Å²) in [6, 6.07) is 6.44. The molecule has 0 aliphatic carbocycles. The zero-order chi connectivity index (χ0) is 24.8. The van der Waals surface area contributed by atoms with Crippen LogP contribution in [0.4, 0.5) is 0 Å². The first kappa shape index (κ1) is 26.8. The summed E-state index contributed by atoms with van der Waals surface area (Å²) in [6.45, 7) is 19.8. The molecular weight excluding hydrogens is 408 g/mol. The number of methoxy groups -OCH3 is 1. The van der Waals surface area contributed by atoms with Crippen molar-refractivity contribution in [2.75, 3.05) is 7.11 Å². The van der Waals surface area contributed by atoms with Gasteiger partial charge in [0.1, 0.15) is 5.75 Å². The minimum absolute atomic E-state index is 0.117. The Morgan fingerprint density at radius 2 is 1.97 bits per heavy atom. The molecule has 33 heavy (non-hydrogen) atoms. The number of carbonyl (C=O) groups excluding carboxylic acids is 1. The van der Waals surface area contributed by atoms with E-state index in [1.54, 1.807) is 7.11 Å². The Morgan fingerprint density at radius 3 is 2.55 bits per heavy atom. The SMILES string of the molecule is C=C(C)c1c(/C=C\C(C)CC)c2ccc(OC)cc2n1CCC(C)(C)C(=O)NC(C)CCC. The number of nitrogens with zero attached hydrogens (tertiary/aromatic N) is 1. The molecule has 0 radical (unpaired) electrons. The maximum Gasteiger partial charge on any atom is 0.225 e. The molecule has 1 amide bonds. The van der Waals surface area contributed by atoms with Gasteiger partial charge in [-0.1, -0.05) is 66.2 Å². The van der Waals surface area contributed by atoms with Gasteiger partial charge in [-0.05, 0) is 50.3 Å². The van der Waals surface area contributed by atoms with Crippen LogP contribution < -0.4 is 10.1 Å². The van der Waals surface area contributed by atoms with Crippen molar-refractivity contribution in [3.63, 3.8) is 0 Å². The van der Waals surface area contributed by atoms with Crippen molar-refractivity contribution in [1.29, 1.82) is 0 Å². The number of nitrogens with one attached hydrogen (secondary N) is 1. The largest absolute Gasteiger partial charge is 0.497 e. The minimum Gasteiger partial charge on any atom is -0.497 e. The van der Waals surface area contributed by atoms with Crippen LogP contribution >= 0.6 is 0 Å². The Hall–Kier alpha value is -2.49. The van der Waals surface area contributed by atoms with Gasteiger partial charge < -0.3 is 14.6 Å². The molecule has 1 aromatic carbocycles. The summed E-state index contributed by atoms with van der Waals surface area (Å²) in [6.07, 6.45) is 8.41. The summed E-state index contributed by atoms with van der Waals surface area (Å²) in [5.41, 5.74) is 3.99. The molecule has 0 aliphatic heterocycles. The highest BCUT2D eigenvalue weighted by Gasteiger charge is 2.29. The number of amides is 1. The van der Waals surface area contributed by atoms with Crippen molar-refractivity contribution in [1.82, 2.24) is 9.88 Å². The maximum absolute atomic E-state index is 13.0. The van der Waals surface area contributed by atoms with Crippen LogP contribution in [-0.4, -0.2) is 23.6 Å². The van der Waals surface area contributed by atoms with Gasteiger partial charge in [-0.2, -0.15) is 0 Å². The van der Waals surface area contributed by atoms with E-state index >= 15 is 0 Å². The summed E-state index contributed by atoms with van der Waals surface area (Å²) in [5.74, 6) is 1.45. The van der Waals surface area contributed by atoms with Gasteiger partial charge in [-0.15, -0.1) is 0 Å². The highest BCUT2D eigenvalue weighted by atomic mass is 16.5. The van der Waals surface area contributed by atoms with Crippen molar-refractivity contribution < 1.29 is 9.53 Å². The van der Waals surface area contributed by atoms with Crippen molar-refractivity contribution in [3.05, 3.63) is 42.1 Å². The van der Waals surface area contributed by atoms with Crippen LogP contribution in [0.1, 0.15) is 85.4 Å². The number of carbonyl (C=O) groups is 1. The molecule has 1 N–H and O–H groups in total. The monoisotopic (exact) mass is 452 g/mol. The van der Waals surface area contributed by atoms with Crippen molar-refractivity contribution in [3.8, 4) is 5.75 Å². The Morgan fingerprint density at radius 1 is 1.27 bits per heavy atom. The van der Waals surface area contributed by atoms with E-state index in [-0.39, 0.29) is 11.9 Å². The fourth-order valence-corrected chi connectivity index (χ4v) is 4.17. The summed E-state index contributed by atoms with van der Waals surface area (Å²) < 4.78 is 7.86. The van der Waals surface area contributed by atoms with E-state index in [4.69, 9.17) is 4.74 Å². The molecular formula is C29H44N2O2. The van der Waals surface area contributed by atoms with Crippen molar-refractivity contribution in [2.24, 2.45) is 11.3 Å². The van der Waals surface area contributed by atoms with Gasteiger partial charge in [0.05, 0.1) is 18.3 Å². The molecule has 2 atom stereocenters. The first-order valence-corrected chi connectivity index (χ1v) is 12.4. The molecule has 0 bridgehead atoms. The van der Waals surface area contributed by atoms with Gasteiger partial charge >= 0.3 is 0 Å². The Kier molecular flexibility index (Phi) is 9.39. The number of hydrogen-bond donors (Lipinski definition) is 1. The minimum atomic E-state index is -0.476. The lowest BCUT2D eigenvalue weighted by Crippen LogP contribution is -2.42. The van der Waals surface area contributed by atoms with Gasteiger partial charge in [0.2, 0.25) is 5.91 Å². The van der Waals surface area contributed by atoms with Gasteiger partial charge in [0, 0.05) is 35.0 Å². The third kappa shape index (κ3) is 6.52. The topological polar surface area (TPSA) is 43.3 Å². The average molecular weight is 453 g/mol. The predicted octanol–water partition coefficient (Wildman–Crippen LogP) is 7.46. The molecule has 0 saturated carbocycles. The van der Waals surface area contributed by atoms with E-state index in [1.807, 2.05) is 19.9 Å². The van der Waals surface area contributed by atoms with Crippen molar-refractivity contribution >= 4 is 28.5 Å². The summed E-state index contributed by atoms with van der Waals surface area (Å²) in [4.78, 5) is 13.0. The number of aromatic nitrogens is 1. The lowest BCUT2D eigenvalue weighted by atomic mass is 9.87. The standard InChI is InChI=1S/C29H44N2O2/c1-10-12-22(6)30-28(32)29(7,8)17-18-31-26-19-23(33-9)14-16-24(26)25(27(31)20(3)4)15-13-21(5)11-2/h13-16,19,21-22H,3,10-12,17-18H2,1-2,4-9H3,(H,30,32)/b15-13-. The zero-order valence-corrected chi connectivity index (χ0v) is 22.0. The molecule has 1 aromatic heterocycles. The normalized spacial score (nSPS) is 13.9. The lowest BCUT2D eigenvalue weighted by molar-refractivity contribution is -0.130. The second kappa shape index (κ2) is 11.6. The number of allylic oxidation sites excluding steroid dienone is 2. The second-order valence-electron chi connectivity index (χ2n) is 10.1. The Labute approximate surface area is 201 Å². The fourth-order valence-electron chi connectivity index (χ4n) is 4.17. The van der Waals surface area contributed by atoms with Gasteiger partial charge in [-0.3, -0.25) is 4.79 Å². The van der Waals surface area contributed by atoms with Gasteiger partial charge in [0.15, 0.2) is 0 Å². The third-order valence-corrected chi connectivity index (χ3v) is 6.62. The molecule has 0 fully saturated rings. The molecule has 2 rings (SSSR count). The first-order valence-electron chi connectivity index (χ1n) is 12.4. The molecule has 1 heterocycles. The fraction of sp³-hybridized carbons (Fsp3) is 0.552. The predicted molar refractivity (Wildman–Crippen MR) is 143 cm³/mol. The lowest BCUT2D eigenvalue weighted by Gasteiger charge is -2.27. The highest BCUT2D eigenvalue weighted by Crippen LogP contribution is 2.35. The summed E-state index contributed by atoms with van der Waals surface area (Å²) in [5, 5.41) is 4.38. The first-order chi connectivity index (χ1) is 15.5. The number of hydrogen-bond acceptors (Lipinski definition) is 2. The van der Waals surface area contributed by atoms with Crippen LogP contribution in [0.3, 0.4) is 0 Å². The number of ether oxygens (including phenoxy) is 1. The number of benzene rings is 1. The maximum atomic E-state index is 13.0. The quantitative estimate of drug-likeness (QED) is 0.363. The van der Waals surface area contributed by atoms with Crippen molar-refractivity contribution in [2.45, 2.75) is 86.7 Å². The van der Waals surface area contributed by atoms with E-state index in [2.05, 4.69) is 75.4 Å². The van der Waals surface area contributed by atoms with Crippen LogP contribution in [0.2, 0.25) is 0 Å². The summed E-state index contributed by atoms with van der Waals surface area (Å²) in [7, 11) is 1.70.